The quantitative estimate of drug-likeness (QED) is 0.765. The van der Waals surface area contributed by atoms with Gasteiger partial charge in [0.25, 0.3) is 0 Å². The maximum atomic E-state index is 12.6. The van der Waals surface area contributed by atoms with Crippen LogP contribution in [-0.4, -0.2) is 24.7 Å². The molecule has 0 radical (unpaired) electrons. The number of fused-ring (bicyclic) bond motifs is 1. The second-order valence-electron chi connectivity index (χ2n) is 5.79. The molecule has 6 nitrogen and oxygen atoms in total. The molecule has 0 atom stereocenters. The molecule has 0 bridgehead atoms. The van der Waals surface area contributed by atoms with E-state index in [0.717, 1.165) is 16.6 Å². The van der Waals surface area contributed by atoms with E-state index in [2.05, 4.69) is 11.4 Å². The highest BCUT2D eigenvalue weighted by Crippen LogP contribution is 2.29. The van der Waals surface area contributed by atoms with E-state index in [1.165, 1.54) is 0 Å². The van der Waals surface area contributed by atoms with Crippen molar-refractivity contribution in [3.63, 3.8) is 0 Å². The van der Waals surface area contributed by atoms with Gasteiger partial charge in [-0.25, -0.2) is 0 Å². The van der Waals surface area contributed by atoms with Gasteiger partial charge in [0.15, 0.2) is 0 Å². The Kier molecular flexibility index (Phi) is 4.81. The lowest BCUT2D eigenvalue weighted by Crippen LogP contribution is -2.19. The van der Waals surface area contributed by atoms with Gasteiger partial charge in [-0.15, -0.1) is 0 Å². The SMILES string of the molecule is COc1ccc(OC)c(NC(=O)Cn2c(C)c(C#N)c3ccccc32)c1. The minimum Gasteiger partial charge on any atom is -0.497 e. The fraction of sp³-hybridized carbons (Fsp3) is 0.200. The smallest absolute Gasteiger partial charge is 0.244 e. The molecule has 0 saturated carbocycles. The average molecular weight is 349 g/mol. The Labute approximate surface area is 151 Å². The van der Waals surface area contributed by atoms with Gasteiger partial charge >= 0.3 is 0 Å². The van der Waals surface area contributed by atoms with Crippen molar-refractivity contribution in [3.05, 3.63) is 53.7 Å². The van der Waals surface area contributed by atoms with Crippen molar-refractivity contribution in [2.75, 3.05) is 19.5 Å². The van der Waals surface area contributed by atoms with Crippen LogP contribution in [0.2, 0.25) is 0 Å². The van der Waals surface area contributed by atoms with Crippen molar-refractivity contribution in [2.45, 2.75) is 13.5 Å². The van der Waals surface area contributed by atoms with E-state index in [0.29, 0.717) is 22.7 Å². The average Bonchev–Trinajstić information content (AvgIpc) is 2.92. The molecule has 1 heterocycles. The Balaban J connectivity index is 1.92. The van der Waals surface area contributed by atoms with Crippen LogP contribution in [0, 0.1) is 18.3 Å². The Bertz CT molecular complexity index is 1020. The minimum absolute atomic E-state index is 0.0917. The maximum absolute atomic E-state index is 12.6. The summed E-state index contributed by atoms with van der Waals surface area (Å²) in [5.41, 5.74) is 2.74. The first-order chi connectivity index (χ1) is 12.6. The van der Waals surface area contributed by atoms with Crippen LogP contribution in [0.4, 0.5) is 5.69 Å². The monoisotopic (exact) mass is 349 g/mol. The largest absolute Gasteiger partial charge is 0.497 e. The molecule has 1 aromatic heterocycles. The standard InChI is InChI=1S/C20H19N3O3/c1-13-16(11-21)15-6-4-5-7-18(15)23(13)12-20(24)22-17-10-14(25-2)8-9-19(17)26-3/h4-10H,12H2,1-3H3,(H,22,24). The molecule has 0 fully saturated rings. The van der Waals surface area contributed by atoms with E-state index >= 15 is 0 Å². The number of rotatable bonds is 5. The number of methoxy groups -OCH3 is 2. The normalized spacial score (nSPS) is 10.4. The lowest BCUT2D eigenvalue weighted by Gasteiger charge is -2.13. The highest BCUT2D eigenvalue weighted by Gasteiger charge is 2.16. The van der Waals surface area contributed by atoms with Crippen molar-refractivity contribution in [1.82, 2.24) is 4.57 Å². The molecule has 0 unspecified atom stereocenters. The topological polar surface area (TPSA) is 76.3 Å². The molecule has 6 heteroatoms. The van der Waals surface area contributed by atoms with Crippen molar-refractivity contribution < 1.29 is 14.3 Å². The van der Waals surface area contributed by atoms with Crippen LogP contribution in [0.15, 0.2) is 42.5 Å². The fourth-order valence-electron chi connectivity index (χ4n) is 3.02. The third-order valence-corrected chi connectivity index (χ3v) is 4.33. The molecular formula is C20H19N3O3. The second kappa shape index (κ2) is 7.19. The number of ether oxygens (including phenoxy) is 2. The molecule has 0 spiro atoms. The molecule has 3 rings (SSSR count). The molecule has 3 aromatic rings. The first-order valence-electron chi connectivity index (χ1n) is 8.08. The van der Waals surface area contributed by atoms with Crippen LogP contribution in [0.1, 0.15) is 11.3 Å². The Morgan fingerprint density at radius 1 is 1.19 bits per heavy atom. The predicted molar refractivity (Wildman–Crippen MR) is 99.6 cm³/mol. The Morgan fingerprint density at radius 2 is 1.96 bits per heavy atom. The van der Waals surface area contributed by atoms with Crippen molar-refractivity contribution in [1.29, 1.82) is 5.26 Å². The molecule has 0 aliphatic carbocycles. The zero-order valence-electron chi connectivity index (χ0n) is 14.9. The number of anilines is 1. The number of nitrogens with zero attached hydrogens (tertiary/aromatic N) is 2. The fourth-order valence-corrected chi connectivity index (χ4v) is 3.02. The van der Waals surface area contributed by atoms with Crippen LogP contribution >= 0.6 is 0 Å². The van der Waals surface area contributed by atoms with Crippen LogP contribution in [0.3, 0.4) is 0 Å². The van der Waals surface area contributed by atoms with Crippen LogP contribution in [0.5, 0.6) is 11.5 Å². The van der Waals surface area contributed by atoms with E-state index in [1.807, 2.05) is 35.8 Å². The molecule has 1 N–H and O–H groups in total. The summed E-state index contributed by atoms with van der Waals surface area (Å²) in [6.07, 6.45) is 0. The molecule has 0 aliphatic rings. The molecule has 0 aliphatic heterocycles. The summed E-state index contributed by atoms with van der Waals surface area (Å²) < 4.78 is 12.3. The first-order valence-corrected chi connectivity index (χ1v) is 8.08. The van der Waals surface area contributed by atoms with E-state index in [1.54, 1.807) is 32.4 Å². The van der Waals surface area contributed by atoms with Crippen LogP contribution in [-0.2, 0) is 11.3 Å². The number of hydrogen-bond donors (Lipinski definition) is 1. The van der Waals surface area contributed by atoms with Crippen LogP contribution in [0.25, 0.3) is 10.9 Å². The number of nitriles is 1. The number of carbonyl (C=O) groups excluding carboxylic acids is 1. The van der Waals surface area contributed by atoms with Crippen LogP contribution < -0.4 is 14.8 Å². The Hall–Kier alpha value is -3.46. The van der Waals surface area contributed by atoms with Crippen molar-refractivity contribution in [3.8, 4) is 17.6 Å². The lowest BCUT2D eigenvalue weighted by atomic mass is 10.1. The third kappa shape index (κ3) is 3.07. The van der Waals surface area contributed by atoms with E-state index < -0.39 is 0 Å². The summed E-state index contributed by atoms with van der Waals surface area (Å²) in [5.74, 6) is 0.950. The first kappa shape index (κ1) is 17.4. The summed E-state index contributed by atoms with van der Waals surface area (Å²) in [7, 11) is 3.10. The van der Waals surface area contributed by atoms with E-state index in [9.17, 15) is 10.1 Å². The number of amides is 1. The number of benzene rings is 2. The highest BCUT2D eigenvalue weighted by molar-refractivity contribution is 5.95. The summed E-state index contributed by atoms with van der Waals surface area (Å²) >= 11 is 0. The second-order valence-corrected chi connectivity index (χ2v) is 5.79. The lowest BCUT2D eigenvalue weighted by molar-refractivity contribution is -0.116. The number of para-hydroxylation sites is 1. The van der Waals surface area contributed by atoms with Gasteiger partial charge in [0.2, 0.25) is 5.91 Å². The number of carbonyl (C=O) groups is 1. The van der Waals surface area contributed by atoms with Gasteiger partial charge in [-0.3, -0.25) is 4.79 Å². The maximum Gasteiger partial charge on any atom is 0.244 e. The number of aromatic nitrogens is 1. The third-order valence-electron chi connectivity index (χ3n) is 4.33. The highest BCUT2D eigenvalue weighted by atomic mass is 16.5. The summed E-state index contributed by atoms with van der Waals surface area (Å²) in [6, 6.07) is 15.0. The van der Waals surface area contributed by atoms with E-state index in [-0.39, 0.29) is 12.5 Å². The van der Waals surface area contributed by atoms with Gasteiger partial charge < -0.3 is 19.4 Å². The molecule has 2 aromatic carbocycles. The van der Waals surface area contributed by atoms with Gasteiger partial charge in [0.05, 0.1) is 31.0 Å². The predicted octanol–water partition coefficient (Wildman–Crippen LogP) is 3.48. The molecular weight excluding hydrogens is 330 g/mol. The van der Waals surface area contributed by atoms with E-state index in [4.69, 9.17) is 9.47 Å². The zero-order valence-corrected chi connectivity index (χ0v) is 14.9. The molecule has 132 valence electrons. The van der Waals surface area contributed by atoms with Crippen molar-refractivity contribution in [2.24, 2.45) is 0 Å². The number of nitrogens with one attached hydrogen (secondary N) is 1. The summed E-state index contributed by atoms with van der Waals surface area (Å²) in [4.78, 5) is 12.6. The zero-order chi connectivity index (χ0) is 18.7. The number of hydrogen-bond acceptors (Lipinski definition) is 4. The van der Waals surface area contributed by atoms with Gasteiger partial charge in [-0.1, -0.05) is 18.2 Å². The van der Waals surface area contributed by atoms with Gasteiger partial charge in [0, 0.05) is 17.1 Å². The minimum atomic E-state index is -0.218. The Morgan fingerprint density at radius 3 is 2.65 bits per heavy atom. The molecule has 1 amide bonds. The molecule has 0 saturated heterocycles. The van der Waals surface area contributed by atoms with Gasteiger partial charge in [-0.05, 0) is 25.1 Å². The summed E-state index contributed by atoms with van der Waals surface area (Å²) in [6.45, 7) is 1.94. The van der Waals surface area contributed by atoms with Gasteiger partial charge in [0.1, 0.15) is 24.1 Å². The van der Waals surface area contributed by atoms with Gasteiger partial charge in [-0.2, -0.15) is 5.26 Å². The summed E-state index contributed by atoms with van der Waals surface area (Å²) in [5, 5.41) is 13.1. The molecule has 26 heavy (non-hydrogen) atoms. The van der Waals surface area contributed by atoms with Crippen molar-refractivity contribution >= 4 is 22.5 Å².